The van der Waals surface area contributed by atoms with E-state index in [0.29, 0.717) is 17.6 Å². The largest absolute Gasteiger partial charge is 0.301 e. The van der Waals surface area contributed by atoms with E-state index in [0.717, 1.165) is 25.9 Å². The van der Waals surface area contributed by atoms with Gasteiger partial charge in [0.25, 0.3) is 0 Å². The van der Waals surface area contributed by atoms with Gasteiger partial charge < -0.3 is 5.32 Å². The predicted molar refractivity (Wildman–Crippen MR) is 82.4 cm³/mol. The highest BCUT2D eigenvalue weighted by molar-refractivity contribution is 7.13. The van der Waals surface area contributed by atoms with Crippen LogP contribution in [0.5, 0.6) is 0 Å². The number of amides is 1. The zero-order chi connectivity index (χ0) is 14.7. The van der Waals surface area contributed by atoms with Crippen molar-refractivity contribution in [3.05, 3.63) is 29.5 Å². The third-order valence-corrected chi connectivity index (χ3v) is 4.60. The second-order valence-electron chi connectivity index (χ2n) is 5.32. The molecule has 1 fully saturated rings. The molecule has 1 aliphatic rings. The predicted octanol–water partition coefficient (Wildman–Crippen LogP) is 1.69. The van der Waals surface area contributed by atoms with Crippen molar-refractivity contribution in [3.8, 4) is 0 Å². The number of likely N-dealkylation sites (tertiary alicyclic amines) is 1. The molecule has 1 saturated heterocycles. The Bertz CT molecular complexity index is 586. The molecular formula is C14H19N5OS. The van der Waals surface area contributed by atoms with Crippen LogP contribution in [0.25, 0.3) is 0 Å². The minimum atomic E-state index is 0.0175. The Morgan fingerprint density at radius 2 is 2.24 bits per heavy atom. The van der Waals surface area contributed by atoms with Crippen LogP contribution in [-0.4, -0.2) is 45.2 Å². The van der Waals surface area contributed by atoms with Crippen molar-refractivity contribution in [1.82, 2.24) is 19.7 Å². The summed E-state index contributed by atoms with van der Waals surface area (Å²) in [5.41, 5.74) is 1.29. The molecule has 0 atom stereocenters. The van der Waals surface area contributed by atoms with Crippen LogP contribution in [0.1, 0.15) is 24.5 Å². The molecule has 1 aliphatic heterocycles. The number of carbonyl (C=O) groups excluding carboxylic acids is 1. The molecule has 3 heterocycles. The monoisotopic (exact) mass is 305 g/mol. The van der Waals surface area contributed by atoms with Crippen molar-refractivity contribution in [3.63, 3.8) is 0 Å². The van der Waals surface area contributed by atoms with Gasteiger partial charge in [0.1, 0.15) is 0 Å². The minimum Gasteiger partial charge on any atom is -0.301 e. The van der Waals surface area contributed by atoms with E-state index in [1.165, 1.54) is 17.0 Å². The number of aromatic nitrogens is 3. The Labute approximate surface area is 127 Å². The molecule has 0 bridgehead atoms. The maximum absolute atomic E-state index is 11.9. The third kappa shape index (κ3) is 3.48. The van der Waals surface area contributed by atoms with Crippen molar-refractivity contribution in [2.75, 3.05) is 25.0 Å². The van der Waals surface area contributed by atoms with Crippen LogP contribution < -0.4 is 5.32 Å². The van der Waals surface area contributed by atoms with Crippen LogP contribution in [0.15, 0.2) is 23.8 Å². The molecule has 112 valence electrons. The molecule has 21 heavy (non-hydrogen) atoms. The SMILES string of the molecule is Cn1nccc1C1CCN(CC(=O)Nc2nccs2)CC1. The smallest absolute Gasteiger partial charge is 0.240 e. The average Bonchev–Trinajstić information content (AvgIpc) is 3.11. The third-order valence-electron chi connectivity index (χ3n) is 3.91. The number of nitrogens with zero attached hydrogens (tertiary/aromatic N) is 4. The lowest BCUT2D eigenvalue weighted by Crippen LogP contribution is -2.39. The van der Waals surface area contributed by atoms with E-state index >= 15 is 0 Å². The van der Waals surface area contributed by atoms with Crippen LogP contribution in [0.3, 0.4) is 0 Å². The molecule has 7 heteroatoms. The first-order valence-corrected chi connectivity index (χ1v) is 8.00. The first kappa shape index (κ1) is 14.2. The second kappa shape index (κ2) is 6.36. The maximum atomic E-state index is 11.9. The molecule has 0 saturated carbocycles. The van der Waals surface area contributed by atoms with E-state index in [4.69, 9.17) is 0 Å². The van der Waals surface area contributed by atoms with Crippen LogP contribution in [0, 0.1) is 0 Å². The topological polar surface area (TPSA) is 63.1 Å². The van der Waals surface area contributed by atoms with Crippen molar-refractivity contribution in [2.45, 2.75) is 18.8 Å². The fourth-order valence-corrected chi connectivity index (χ4v) is 3.36. The lowest BCUT2D eigenvalue weighted by atomic mass is 9.93. The van der Waals surface area contributed by atoms with Gasteiger partial charge in [0.05, 0.1) is 6.54 Å². The summed E-state index contributed by atoms with van der Waals surface area (Å²) < 4.78 is 1.95. The Kier molecular flexibility index (Phi) is 4.31. The Hall–Kier alpha value is -1.73. The summed E-state index contributed by atoms with van der Waals surface area (Å²) >= 11 is 1.44. The Morgan fingerprint density at radius 3 is 2.86 bits per heavy atom. The van der Waals surface area contributed by atoms with Crippen molar-refractivity contribution in [2.24, 2.45) is 7.05 Å². The number of piperidine rings is 1. The second-order valence-corrected chi connectivity index (χ2v) is 6.21. The fourth-order valence-electron chi connectivity index (χ4n) is 2.82. The van der Waals surface area contributed by atoms with E-state index in [2.05, 4.69) is 26.4 Å². The number of nitrogens with one attached hydrogen (secondary N) is 1. The highest BCUT2D eigenvalue weighted by Gasteiger charge is 2.23. The zero-order valence-electron chi connectivity index (χ0n) is 12.0. The van der Waals surface area contributed by atoms with Crippen LogP contribution in [-0.2, 0) is 11.8 Å². The van der Waals surface area contributed by atoms with Gasteiger partial charge in [0.15, 0.2) is 5.13 Å². The maximum Gasteiger partial charge on any atom is 0.240 e. The number of carbonyl (C=O) groups is 1. The van der Waals surface area contributed by atoms with E-state index in [1.54, 1.807) is 6.20 Å². The first-order valence-electron chi connectivity index (χ1n) is 7.12. The molecular weight excluding hydrogens is 286 g/mol. The van der Waals surface area contributed by atoms with Gasteiger partial charge in [-0.15, -0.1) is 11.3 Å². The fraction of sp³-hybridized carbons (Fsp3) is 0.500. The molecule has 0 unspecified atom stereocenters. The van der Waals surface area contributed by atoms with Gasteiger partial charge in [-0.05, 0) is 32.0 Å². The number of rotatable bonds is 4. The quantitative estimate of drug-likeness (QED) is 0.934. The van der Waals surface area contributed by atoms with Gasteiger partial charge in [0, 0.05) is 36.4 Å². The molecule has 2 aromatic heterocycles. The van der Waals surface area contributed by atoms with Gasteiger partial charge in [-0.1, -0.05) is 0 Å². The molecule has 0 radical (unpaired) electrons. The highest BCUT2D eigenvalue weighted by Crippen LogP contribution is 2.27. The minimum absolute atomic E-state index is 0.0175. The number of hydrogen-bond donors (Lipinski definition) is 1. The molecule has 1 N–H and O–H groups in total. The van der Waals surface area contributed by atoms with Crippen molar-refractivity contribution >= 4 is 22.4 Å². The van der Waals surface area contributed by atoms with Crippen LogP contribution in [0.2, 0.25) is 0 Å². The molecule has 6 nitrogen and oxygen atoms in total. The summed E-state index contributed by atoms with van der Waals surface area (Å²) in [6.45, 7) is 2.33. The summed E-state index contributed by atoms with van der Waals surface area (Å²) in [6.07, 6.45) is 5.69. The summed E-state index contributed by atoms with van der Waals surface area (Å²) in [5, 5.41) is 9.59. The molecule has 2 aromatic rings. The first-order chi connectivity index (χ1) is 10.2. The number of hydrogen-bond acceptors (Lipinski definition) is 5. The Morgan fingerprint density at radius 1 is 1.43 bits per heavy atom. The Balaban J connectivity index is 1.47. The summed E-state index contributed by atoms with van der Waals surface area (Å²) in [6, 6.07) is 2.09. The summed E-state index contributed by atoms with van der Waals surface area (Å²) in [5.74, 6) is 0.569. The van der Waals surface area contributed by atoms with E-state index in [-0.39, 0.29) is 5.91 Å². The number of thiazole rings is 1. The number of aryl methyl sites for hydroxylation is 1. The molecule has 0 aliphatic carbocycles. The lowest BCUT2D eigenvalue weighted by molar-refractivity contribution is -0.117. The van der Waals surface area contributed by atoms with Gasteiger partial charge in [-0.25, -0.2) is 4.98 Å². The zero-order valence-corrected chi connectivity index (χ0v) is 12.8. The van der Waals surface area contributed by atoms with E-state index < -0.39 is 0 Å². The van der Waals surface area contributed by atoms with Gasteiger partial charge in [-0.2, -0.15) is 5.10 Å². The van der Waals surface area contributed by atoms with Crippen molar-refractivity contribution < 1.29 is 4.79 Å². The summed E-state index contributed by atoms with van der Waals surface area (Å²) in [7, 11) is 1.99. The standard InChI is InChI=1S/C14H19N5OS/c1-18-12(2-5-16-18)11-3-7-19(8-4-11)10-13(20)17-14-15-6-9-21-14/h2,5-6,9,11H,3-4,7-8,10H2,1H3,(H,15,17,20). The van der Waals surface area contributed by atoms with Gasteiger partial charge >= 0.3 is 0 Å². The normalized spacial score (nSPS) is 17.0. The molecule has 0 aromatic carbocycles. The van der Waals surface area contributed by atoms with Crippen LogP contribution >= 0.6 is 11.3 Å². The van der Waals surface area contributed by atoms with Crippen molar-refractivity contribution in [1.29, 1.82) is 0 Å². The molecule has 1 amide bonds. The van der Waals surface area contributed by atoms with Crippen LogP contribution in [0.4, 0.5) is 5.13 Å². The highest BCUT2D eigenvalue weighted by atomic mass is 32.1. The van der Waals surface area contributed by atoms with Gasteiger partial charge in [-0.3, -0.25) is 14.4 Å². The van der Waals surface area contributed by atoms with E-state index in [1.807, 2.05) is 23.3 Å². The lowest BCUT2D eigenvalue weighted by Gasteiger charge is -2.31. The molecule has 3 rings (SSSR count). The average molecular weight is 305 g/mol. The molecule has 0 spiro atoms. The number of anilines is 1. The van der Waals surface area contributed by atoms with Gasteiger partial charge in [0.2, 0.25) is 5.91 Å². The summed E-state index contributed by atoms with van der Waals surface area (Å²) in [4.78, 5) is 18.2. The van der Waals surface area contributed by atoms with E-state index in [9.17, 15) is 4.79 Å².